The van der Waals surface area contributed by atoms with E-state index in [1.54, 1.807) is 48.5 Å². The van der Waals surface area contributed by atoms with Crippen molar-refractivity contribution in [3.8, 4) is 11.5 Å². The van der Waals surface area contributed by atoms with Crippen molar-refractivity contribution >= 4 is 24.0 Å². The number of hydrogen-bond acceptors (Lipinski definition) is 6. The molecule has 2 N–H and O–H groups in total. The van der Waals surface area contributed by atoms with Crippen LogP contribution in [-0.4, -0.2) is 31.1 Å². The Hall–Kier alpha value is -4.46. The van der Waals surface area contributed by atoms with E-state index in [0.717, 1.165) is 5.56 Å². The third-order valence-corrected chi connectivity index (χ3v) is 4.28. The summed E-state index contributed by atoms with van der Waals surface area (Å²) in [5.74, 6) is -1.57. The SMILES string of the molecule is COc1ccccc1C(=O)Oc1cccc(/C=N/NC(=O)C(=O)NCc2ccccc2)c1. The van der Waals surface area contributed by atoms with Gasteiger partial charge in [-0.3, -0.25) is 9.59 Å². The Morgan fingerprint density at radius 1 is 0.906 bits per heavy atom. The van der Waals surface area contributed by atoms with Crippen LogP contribution in [0.25, 0.3) is 0 Å². The molecular formula is C24H21N3O5. The largest absolute Gasteiger partial charge is 0.496 e. The summed E-state index contributed by atoms with van der Waals surface area (Å²) < 4.78 is 10.6. The Kier molecular flexibility index (Phi) is 7.69. The van der Waals surface area contributed by atoms with Crippen molar-refractivity contribution in [3.63, 3.8) is 0 Å². The summed E-state index contributed by atoms with van der Waals surface area (Å²) in [6.07, 6.45) is 1.34. The Bertz CT molecular complexity index is 1130. The van der Waals surface area contributed by atoms with Gasteiger partial charge in [0, 0.05) is 6.54 Å². The molecule has 0 saturated heterocycles. The highest BCUT2D eigenvalue weighted by Crippen LogP contribution is 2.20. The van der Waals surface area contributed by atoms with Crippen LogP contribution in [0.1, 0.15) is 21.5 Å². The van der Waals surface area contributed by atoms with Crippen molar-refractivity contribution < 1.29 is 23.9 Å². The predicted octanol–water partition coefficient (Wildman–Crippen LogP) is 2.68. The van der Waals surface area contributed by atoms with E-state index in [4.69, 9.17) is 9.47 Å². The standard InChI is InChI=1S/C24H21N3O5/c1-31-21-13-6-5-12-20(21)24(30)32-19-11-7-10-18(14-19)16-26-27-23(29)22(28)25-15-17-8-3-2-4-9-17/h2-14,16H,15H2,1H3,(H,25,28)(H,27,29)/b26-16+. The second-order valence-corrected chi connectivity index (χ2v) is 6.53. The summed E-state index contributed by atoms with van der Waals surface area (Å²) in [4.78, 5) is 36.1. The molecule has 0 spiro atoms. The molecule has 0 bridgehead atoms. The lowest BCUT2D eigenvalue weighted by atomic mass is 10.2. The third-order valence-electron chi connectivity index (χ3n) is 4.28. The number of hydrazone groups is 1. The van der Waals surface area contributed by atoms with Crippen LogP contribution in [0.2, 0.25) is 0 Å². The summed E-state index contributed by atoms with van der Waals surface area (Å²) in [7, 11) is 1.47. The number of methoxy groups -OCH3 is 1. The Morgan fingerprint density at radius 3 is 2.44 bits per heavy atom. The number of nitrogens with one attached hydrogen (secondary N) is 2. The lowest BCUT2D eigenvalue weighted by molar-refractivity contribution is -0.139. The van der Waals surface area contributed by atoms with Crippen molar-refractivity contribution in [2.75, 3.05) is 7.11 Å². The van der Waals surface area contributed by atoms with Crippen molar-refractivity contribution in [2.24, 2.45) is 5.10 Å². The molecule has 0 aliphatic carbocycles. The molecule has 8 heteroatoms. The zero-order valence-corrected chi connectivity index (χ0v) is 17.3. The van der Waals surface area contributed by atoms with Gasteiger partial charge in [0.25, 0.3) is 0 Å². The molecule has 0 atom stereocenters. The monoisotopic (exact) mass is 431 g/mol. The molecule has 0 aliphatic rings. The Morgan fingerprint density at radius 2 is 1.66 bits per heavy atom. The third kappa shape index (κ3) is 6.27. The zero-order chi connectivity index (χ0) is 22.8. The van der Waals surface area contributed by atoms with Crippen LogP contribution in [0, 0.1) is 0 Å². The van der Waals surface area contributed by atoms with Gasteiger partial charge < -0.3 is 14.8 Å². The first-order chi connectivity index (χ1) is 15.6. The summed E-state index contributed by atoms with van der Waals surface area (Å²) in [5, 5.41) is 6.29. The van der Waals surface area contributed by atoms with E-state index in [9.17, 15) is 14.4 Å². The number of rotatable bonds is 7. The van der Waals surface area contributed by atoms with Gasteiger partial charge >= 0.3 is 17.8 Å². The molecule has 0 radical (unpaired) electrons. The van der Waals surface area contributed by atoms with E-state index in [1.165, 1.54) is 13.3 Å². The van der Waals surface area contributed by atoms with Crippen LogP contribution in [0.15, 0.2) is 84.0 Å². The fraction of sp³-hybridized carbons (Fsp3) is 0.0833. The number of carbonyl (C=O) groups is 3. The quantitative estimate of drug-likeness (QED) is 0.197. The van der Waals surface area contributed by atoms with Gasteiger partial charge in [-0.25, -0.2) is 10.2 Å². The number of esters is 1. The van der Waals surface area contributed by atoms with E-state index in [1.807, 2.05) is 30.3 Å². The molecular weight excluding hydrogens is 410 g/mol. The molecule has 0 fully saturated rings. The van der Waals surface area contributed by atoms with Crippen LogP contribution < -0.4 is 20.2 Å². The molecule has 0 heterocycles. The van der Waals surface area contributed by atoms with Crippen LogP contribution >= 0.6 is 0 Å². The maximum absolute atomic E-state index is 12.4. The molecule has 3 aromatic carbocycles. The van der Waals surface area contributed by atoms with Gasteiger partial charge in [-0.1, -0.05) is 54.6 Å². The minimum atomic E-state index is -0.893. The van der Waals surface area contributed by atoms with Gasteiger partial charge in [0.1, 0.15) is 17.1 Å². The van der Waals surface area contributed by atoms with Gasteiger partial charge in [0.2, 0.25) is 0 Å². The maximum Gasteiger partial charge on any atom is 0.347 e. The van der Waals surface area contributed by atoms with Gasteiger partial charge in [-0.2, -0.15) is 5.10 Å². The van der Waals surface area contributed by atoms with E-state index < -0.39 is 17.8 Å². The number of benzene rings is 3. The summed E-state index contributed by atoms with van der Waals surface area (Å²) in [5.41, 5.74) is 3.88. The predicted molar refractivity (Wildman–Crippen MR) is 118 cm³/mol. The lowest BCUT2D eigenvalue weighted by Gasteiger charge is -2.08. The first-order valence-electron chi connectivity index (χ1n) is 9.67. The molecule has 0 aliphatic heterocycles. The minimum absolute atomic E-state index is 0.233. The maximum atomic E-state index is 12.4. The van der Waals surface area contributed by atoms with Gasteiger partial charge in [-0.05, 0) is 35.4 Å². The number of ether oxygens (including phenoxy) is 2. The van der Waals surface area contributed by atoms with Crippen LogP contribution in [-0.2, 0) is 16.1 Å². The molecule has 0 aromatic heterocycles. The van der Waals surface area contributed by atoms with Crippen molar-refractivity contribution in [3.05, 3.63) is 95.6 Å². The van der Waals surface area contributed by atoms with E-state index >= 15 is 0 Å². The molecule has 2 amide bonds. The van der Waals surface area contributed by atoms with Crippen LogP contribution in [0.3, 0.4) is 0 Å². The summed E-state index contributed by atoms with van der Waals surface area (Å²) >= 11 is 0. The number of para-hydroxylation sites is 1. The van der Waals surface area contributed by atoms with Gasteiger partial charge in [-0.15, -0.1) is 0 Å². The highest BCUT2D eigenvalue weighted by molar-refractivity contribution is 6.35. The molecule has 3 aromatic rings. The summed E-state index contributed by atoms with van der Waals surface area (Å²) in [6, 6.07) is 22.5. The highest BCUT2D eigenvalue weighted by atomic mass is 16.5. The lowest BCUT2D eigenvalue weighted by Crippen LogP contribution is -2.37. The van der Waals surface area contributed by atoms with Crippen LogP contribution in [0.5, 0.6) is 11.5 Å². The van der Waals surface area contributed by atoms with Gasteiger partial charge in [0.15, 0.2) is 0 Å². The molecule has 162 valence electrons. The van der Waals surface area contributed by atoms with Crippen molar-refractivity contribution in [2.45, 2.75) is 6.54 Å². The average molecular weight is 431 g/mol. The number of nitrogens with zero attached hydrogens (tertiary/aromatic N) is 1. The minimum Gasteiger partial charge on any atom is -0.496 e. The first-order valence-corrected chi connectivity index (χ1v) is 9.67. The first kappa shape index (κ1) is 22.2. The second kappa shape index (κ2) is 11.1. The normalized spacial score (nSPS) is 10.4. The Balaban J connectivity index is 1.54. The van der Waals surface area contributed by atoms with Crippen molar-refractivity contribution in [1.82, 2.24) is 10.7 Å². The van der Waals surface area contributed by atoms with Gasteiger partial charge in [0.05, 0.1) is 13.3 Å². The Labute approximate surface area is 184 Å². The second-order valence-electron chi connectivity index (χ2n) is 6.53. The molecule has 0 saturated carbocycles. The van der Waals surface area contributed by atoms with E-state index in [2.05, 4.69) is 15.8 Å². The number of carbonyl (C=O) groups excluding carboxylic acids is 3. The number of hydrogen-bond donors (Lipinski definition) is 2. The molecule has 0 unspecified atom stereocenters. The number of amides is 2. The molecule has 3 rings (SSSR count). The van der Waals surface area contributed by atoms with Crippen molar-refractivity contribution in [1.29, 1.82) is 0 Å². The highest BCUT2D eigenvalue weighted by Gasteiger charge is 2.14. The fourth-order valence-corrected chi connectivity index (χ4v) is 2.71. The molecule has 32 heavy (non-hydrogen) atoms. The zero-order valence-electron chi connectivity index (χ0n) is 17.3. The van der Waals surface area contributed by atoms with E-state index in [-0.39, 0.29) is 12.3 Å². The average Bonchev–Trinajstić information content (AvgIpc) is 2.83. The smallest absolute Gasteiger partial charge is 0.347 e. The molecule has 8 nitrogen and oxygen atoms in total. The summed E-state index contributed by atoms with van der Waals surface area (Å²) in [6.45, 7) is 0.233. The van der Waals surface area contributed by atoms with E-state index in [0.29, 0.717) is 16.9 Å². The van der Waals surface area contributed by atoms with Crippen LogP contribution in [0.4, 0.5) is 0 Å². The topological polar surface area (TPSA) is 106 Å². The fourth-order valence-electron chi connectivity index (χ4n) is 2.71.